The van der Waals surface area contributed by atoms with Crippen LogP contribution in [0.15, 0.2) is 30.3 Å². The van der Waals surface area contributed by atoms with Crippen LogP contribution in [0.2, 0.25) is 0 Å². The van der Waals surface area contributed by atoms with Gasteiger partial charge in [0, 0.05) is 0 Å². The number of alkyl halides is 2. The first-order valence-electron chi connectivity index (χ1n) is 3.31. The van der Waals surface area contributed by atoms with Gasteiger partial charge < -0.3 is 4.74 Å². The van der Waals surface area contributed by atoms with Crippen molar-refractivity contribution in [2.24, 2.45) is 0 Å². The van der Waals surface area contributed by atoms with Crippen molar-refractivity contribution in [3.63, 3.8) is 0 Å². The van der Waals surface area contributed by atoms with Crippen LogP contribution in [0.4, 0.5) is 8.78 Å². The number of hydrogen-bond acceptors (Lipinski definition) is 2. The average Bonchev–Trinajstić information content (AvgIpc) is 2.06. The number of para-hydroxylation sites is 1. The summed E-state index contributed by atoms with van der Waals surface area (Å²) < 4.78 is 29.5. The van der Waals surface area contributed by atoms with Crippen LogP contribution in [0.3, 0.4) is 0 Å². The molecule has 66 valence electrons. The first-order chi connectivity index (χ1) is 5.64. The zero-order valence-corrected chi connectivity index (χ0v) is 7.28. The summed E-state index contributed by atoms with van der Waals surface area (Å²) in [7, 11) is 0. The normalized spacial score (nSPS) is 11.2. The zero-order valence-electron chi connectivity index (χ0n) is 6.46. The van der Waals surface area contributed by atoms with Crippen molar-refractivity contribution in [3.05, 3.63) is 30.3 Å². The number of benzene rings is 1. The molecule has 1 rings (SSSR count). The lowest BCUT2D eigenvalue weighted by Gasteiger charge is -2.14. The Balaban J connectivity index is 2.64. The largest absolute Gasteiger partial charge is 0.452 e. The highest BCUT2D eigenvalue weighted by molar-refractivity contribution is 7.99. The van der Waals surface area contributed by atoms with Crippen LogP contribution in [-0.2, 0) is 0 Å². The van der Waals surface area contributed by atoms with Crippen LogP contribution in [-0.4, -0.2) is 11.7 Å². The van der Waals surface area contributed by atoms with Crippen molar-refractivity contribution in [2.45, 2.75) is 5.44 Å². The molecule has 0 spiro atoms. The summed E-state index contributed by atoms with van der Waals surface area (Å²) in [6, 6.07) is 8.01. The molecule has 12 heavy (non-hydrogen) atoms. The summed E-state index contributed by atoms with van der Waals surface area (Å²) in [5.74, 6) is 0.178. The van der Waals surface area contributed by atoms with Crippen LogP contribution >= 0.6 is 11.8 Å². The molecule has 1 aromatic carbocycles. The topological polar surface area (TPSA) is 9.23 Å². The first kappa shape index (κ1) is 9.32. The van der Waals surface area contributed by atoms with Gasteiger partial charge in [-0.2, -0.15) is 8.78 Å². The van der Waals surface area contributed by atoms with E-state index in [1.165, 1.54) is 18.4 Å². The highest BCUT2D eigenvalue weighted by atomic mass is 32.2. The second kappa shape index (κ2) is 3.76. The standard InChI is InChI=1S/C8H8F2OS/c1-12-8(9,10)11-7-5-3-2-4-6-7/h2-6H,1H3. The van der Waals surface area contributed by atoms with Gasteiger partial charge in [-0.05, 0) is 30.2 Å². The lowest BCUT2D eigenvalue weighted by atomic mass is 10.3. The van der Waals surface area contributed by atoms with Gasteiger partial charge in [-0.1, -0.05) is 18.2 Å². The van der Waals surface area contributed by atoms with E-state index in [2.05, 4.69) is 4.74 Å². The van der Waals surface area contributed by atoms with Gasteiger partial charge in [0.1, 0.15) is 5.75 Å². The van der Waals surface area contributed by atoms with Crippen molar-refractivity contribution in [1.29, 1.82) is 0 Å². The summed E-state index contributed by atoms with van der Waals surface area (Å²) in [4.78, 5) is 0. The van der Waals surface area contributed by atoms with E-state index in [-0.39, 0.29) is 5.75 Å². The van der Waals surface area contributed by atoms with E-state index in [0.29, 0.717) is 11.8 Å². The summed E-state index contributed by atoms with van der Waals surface area (Å²) in [5.41, 5.74) is -3.14. The molecule has 0 aliphatic heterocycles. The minimum absolute atomic E-state index is 0.178. The molecule has 0 fully saturated rings. The third-order valence-corrected chi connectivity index (χ3v) is 1.78. The Morgan fingerprint density at radius 2 is 1.83 bits per heavy atom. The van der Waals surface area contributed by atoms with E-state index in [1.54, 1.807) is 18.2 Å². The van der Waals surface area contributed by atoms with E-state index in [1.807, 2.05) is 0 Å². The number of rotatable bonds is 3. The Labute approximate surface area is 73.7 Å². The van der Waals surface area contributed by atoms with Gasteiger partial charge in [0.05, 0.1) is 0 Å². The highest BCUT2D eigenvalue weighted by Crippen LogP contribution is 2.29. The third kappa shape index (κ3) is 2.70. The van der Waals surface area contributed by atoms with Gasteiger partial charge in [0.15, 0.2) is 0 Å². The number of halogens is 2. The molecule has 0 aromatic heterocycles. The maximum atomic E-state index is 12.6. The van der Waals surface area contributed by atoms with E-state index >= 15 is 0 Å². The van der Waals surface area contributed by atoms with Crippen molar-refractivity contribution < 1.29 is 13.5 Å². The van der Waals surface area contributed by atoms with Gasteiger partial charge in [0.2, 0.25) is 0 Å². The van der Waals surface area contributed by atoms with Gasteiger partial charge in [-0.15, -0.1) is 0 Å². The summed E-state index contributed by atoms with van der Waals surface area (Å²) in [5, 5.41) is 0. The summed E-state index contributed by atoms with van der Waals surface area (Å²) in [6.45, 7) is 0. The molecular weight excluding hydrogens is 182 g/mol. The molecule has 0 bridgehead atoms. The average molecular weight is 190 g/mol. The van der Waals surface area contributed by atoms with Crippen LogP contribution in [0.1, 0.15) is 0 Å². The Hall–Kier alpha value is -0.770. The van der Waals surface area contributed by atoms with Gasteiger partial charge in [-0.25, -0.2) is 0 Å². The van der Waals surface area contributed by atoms with Gasteiger partial charge in [0.25, 0.3) is 0 Å². The van der Waals surface area contributed by atoms with E-state index in [9.17, 15) is 8.78 Å². The lowest BCUT2D eigenvalue weighted by molar-refractivity contribution is -0.0875. The molecule has 0 amide bonds. The molecule has 0 atom stereocenters. The Bertz CT molecular complexity index is 238. The maximum absolute atomic E-state index is 12.6. The Morgan fingerprint density at radius 1 is 1.25 bits per heavy atom. The van der Waals surface area contributed by atoms with E-state index in [4.69, 9.17) is 0 Å². The molecule has 0 saturated heterocycles. The molecular formula is C8H8F2OS. The van der Waals surface area contributed by atoms with Crippen LogP contribution in [0, 0.1) is 0 Å². The fraction of sp³-hybridized carbons (Fsp3) is 0.250. The van der Waals surface area contributed by atoms with Crippen molar-refractivity contribution in [3.8, 4) is 5.75 Å². The van der Waals surface area contributed by atoms with E-state index < -0.39 is 5.44 Å². The molecule has 1 aromatic rings. The van der Waals surface area contributed by atoms with Crippen molar-refractivity contribution in [1.82, 2.24) is 0 Å². The third-order valence-electron chi connectivity index (χ3n) is 1.22. The molecule has 0 unspecified atom stereocenters. The fourth-order valence-corrected chi connectivity index (χ4v) is 0.847. The zero-order chi connectivity index (χ0) is 9.03. The SMILES string of the molecule is CSC(F)(F)Oc1ccccc1. The molecule has 1 nitrogen and oxygen atoms in total. The number of thioether (sulfide) groups is 1. The highest BCUT2D eigenvalue weighted by Gasteiger charge is 2.29. The fourth-order valence-electron chi connectivity index (χ4n) is 0.667. The maximum Gasteiger partial charge on any atom is 0.452 e. The van der Waals surface area contributed by atoms with Crippen molar-refractivity contribution in [2.75, 3.05) is 6.26 Å². The van der Waals surface area contributed by atoms with Crippen LogP contribution < -0.4 is 4.74 Å². The molecule has 0 heterocycles. The summed E-state index contributed by atoms with van der Waals surface area (Å²) >= 11 is 0.366. The van der Waals surface area contributed by atoms with Gasteiger partial charge in [-0.3, -0.25) is 0 Å². The predicted molar refractivity (Wildman–Crippen MR) is 45.5 cm³/mol. The predicted octanol–water partition coefficient (Wildman–Crippen LogP) is 2.98. The lowest BCUT2D eigenvalue weighted by Crippen LogP contribution is -2.18. The van der Waals surface area contributed by atoms with Crippen LogP contribution in [0.25, 0.3) is 0 Å². The van der Waals surface area contributed by atoms with E-state index in [0.717, 1.165) is 0 Å². The minimum Gasteiger partial charge on any atom is -0.424 e. The number of hydrogen-bond donors (Lipinski definition) is 0. The smallest absolute Gasteiger partial charge is 0.424 e. The molecule has 0 N–H and O–H groups in total. The second-order valence-electron chi connectivity index (χ2n) is 2.08. The minimum atomic E-state index is -3.14. The molecule has 0 aliphatic rings. The molecule has 4 heteroatoms. The van der Waals surface area contributed by atoms with Crippen LogP contribution in [0.5, 0.6) is 5.75 Å². The number of ether oxygens (including phenoxy) is 1. The van der Waals surface area contributed by atoms with Crippen molar-refractivity contribution >= 4 is 11.8 Å². The Morgan fingerprint density at radius 3 is 2.33 bits per heavy atom. The first-order valence-corrected chi connectivity index (χ1v) is 4.53. The molecule has 0 saturated carbocycles. The monoisotopic (exact) mass is 190 g/mol. The quantitative estimate of drug-likeness (QED) is 0.677. The summed E-state index contributed by atoms with van der Waals surface area (Å²) in [6.07, 6.45) is 1.29. The van der Waals surface area contributed by atoms with Gasteiger partial charge >= 0.3 is 5.44 Å². The molecule has 0 radical (unpaired) electrons. The Kier molecular flexibility index (Phi) is 2.92. The second-order valence-corrected chi connectivity index (χ2v) is 2.97. The molecule has 0 aliphatic carbocycles.